The van der Waals surface area contributed by atoms with E-state index in [-0.39, 0.29) is 41.9 Å². The first-order chi connectivity index (χ1) is 15.6. The molecule has 2 fully saturated rings. The second-order valence-electron chi connectivity index (χ2n) is 8.87. The SMILES string of the molecule is Cl.O=C1CCCCN1CC#CCN1CC[C@@H]2[C@@H](C1)c1cc(F)ccc1N2c1ccc(F)cc1. The van der Waals surface area contributed by atoms with Gasteiger partial charge in [0.05, 0.1) is 13.1 Å². The Labute approximate surface area is 200 Å². The molecule has 1 amide bonds. The van der Waals surface area contributed by atoms with Gasteiger partial charge in [-0.2, -0.15) is 0 Å². The Morgan fingerprint density at radius 3 is 2.48 bits per heavy atom. The van der Waals surface area contributed by atoms with Gasteiger partial charge >= 0.3 is 0 Å². The lowest BCUT2D eigenvalue weighted by Gasteiger charge is -2.38. The molecule has 2 saturated heterocycles. The first-order valence-corrected chi connectivity index (χ1v) is 11.4. The van der Waals surface area contributed by atoms with Crippen LogP contribution in [0.25, 0.3) is 0 Å². The molecule has 2 aromatic carbocycles. The lowest BCUT2D eigenvalue weighted by atomic mass is 9.89. The first-order valence-electron chi connectivity index (χ1n) is 11.4. The number of carbonyl (C=O) groups is 1. The zero-order valence-corrected chi connectivity index (χ0v) is 19.3. The molecule has 0 unspecified atom stereocenters. The maximum absolute atomic E-state index is 14.1. The van der Waals surface area contributed by atoms with E-state index in [1.165, 1.54) is 18.2 Å². The van der Waals surface area contributed by atoms with Crippen LogP contribution in [0.1, 0.15) is 37.2 Å². The molecular weight excluding hydrogens is 444 g/mol. The van der Waals surface area contributed by atoms with Crippen molar-refractivity contribution in [3.05, 3.63) is 59.7 Å². The van der Waals surface area contributed by atoms with Gasteiger partial charge in [-0.05, 0) is 67.3 Å². The summed E-state index contributed by atoms with van der Waals surface area (Å²) < 4.78 is 27.6. The Morgan fingerprint density at radius 2 is 1.70 bits per heavy atom. The van der Waals surface area contributed by atoms with Crippen LogP contribution in [-0.2, 0) is 4.79 Å². The smallest absolute Gasteiger partial charge is 0.223 e. The largest absolute Gasteiger partial charge is 0.337 e. The highest BCUT2D eigenvalue weighted by Gasteiger charge is 2.42. The predicted molar refractivity (Wildman–Crippen MR) is 128 cm³/mol. The van der Waals surface area contributed by atoms with Crippen LogP contribution in [0, 0.1) is 23.5 Å². The van der Waals surface area contributed by atoms with Crippen LogP contribution in [0.5, 0.6) is 0 Å². The van der Waals surface area contributed by atoms with Crippen LogP contribution >= 0.6 is 12.4 Å². The fourth-order valence-electron chi connectivity index (χ4n) is 5.27. The van der Waals surface area contributed by atoms with Gasteiger partial charge in [0.2, 0.25) is 5.91 Å². The fourth-order valence-corrected chi connectivity index (χ4v) is 5.27. The molecule has 3 aliphatic rings. The molecule has 2 aromatic rings. The Kier molecular flexibility index (Phi) is 7.21. The molecule has 33 heavy (non-hydrogen) atoms. The van der Waals surface area contributed by atoms with Gasteiger partial charge < -0.3 is 9.80 Å². The molecule has 0 saturated carbocycles. The highest BCUT2D eigenvalue weighted by molar-refractivity contribution is 5.85. The van der Waals surface area contributed by atoms with E-state index >= 15 is 0 Å². The molecular formula is C26H28ClF2N3O. The van der Waals surface area contributed by atoms with Crippen molar-refractivity contribution >= 4 is 29.7 Å². The van der Waals surface area contributed by atoms with E-state index in [1.807, 2.05) is 11.0 Å². The van der Waals surface area contributed by atoms with Crippen molar-refractivity contribution in [2.45, 2.75) is 37.6 Å². The zero-order valence-electron chi connectivity index (χ0n) is 18.5. The molecule has 2 atom stereocenters. The minimum atomic E-state index is -0.261. The van der Waals surface area contributed by atoms with Crippen LogP contribution in [0.3, 0.4) is 0 Å². The fraction of sp³-hybridized carbons (Fsp3) is 0.423. The van der Waals surface area contributed by atoms with Gasteiger partial charge in [-0.1, -0.05) is 11.8 Å². The molecule has 3 heterocycles. The Bertz CT molecular complexity index is 1070. The Morgan fingerprint density at radius 1 is 0.939 bits per heavy atom. The summed E-state index contributed by atoms with van der Waals surface area (Å²) >= 11 is 0. The summed E-state index contributed by atoms with van der Waals surface area (Å²) in [6, 6.07) is 11.7. The van der Waals surface area contributed by atoms with Gasteiger partial charge in [-0.3, -0.25) is 9.69 Å². The van der Waals surface area contributed by atoms with Gasteiger partial charge in [0.15, 0.2) is 0 Å². The number of hydrogen-bond acceptors (Lipinski definition) is 3. The molecule has 0 aromatic heterocycles. The monoisotopic (exact) mass is 471 g/mol. The van der Waals surface area contributed by atoms with E-state index < -0.39 is 0 Å². The van der Waals surface area contributed by atoms with E-state index in [2.05, 4.69) is 21.6 Å². The van der Waals surface area contributed by atoms with Crippen molar-refractivity contribution in [2.75, 3.05) is 37.6 Å². The summed E-state index contributed by atoms with van der Waals surface area (Å²) in [5, 5.41) is 0. The van der Waals surface area contributed by atoms with Crippen molar-refractivity contribution < 1.29 is 13.6 Å². The lowest BCUT2D eigenvalue weighted by Crippen LogP contribution is -2.45. The van der Waals surface area contributed by atoms with Gasteiger partial charge in [-0.15, -0.1) is 12.4 Å². The number of nitrogens with zero attached hydrogens (tertiary/aromatic N) is 3. The molecule has 4 nitrogen and oxygen atoms in total. The average Bonchev–Trinajstić information content (AvgIpc) is 3.11. The number of piperidine rings is 2. The molecule has 0 aliphatic carbocycles. The number of rotatable bonds is 3. The van der Waals surface area contributed by atoms with Crippen LogP contribution < -0.4 is 4.90 Å². The maximum atomic E-state index is 14.1. The standard InChI is InChI=1S/C26H27F2N3O.ClH/c27-19-6-9-21(10-7-19)31-24-11-8-20(28)17-22(24)23-18-29(16-12-25(23)31)13-3-4-15-30-14-2-1-5-26(30)32;/h6-11,17,23,25H,1-2,5,12-16,18H2;1H/t23-,25+;/m0./s1. The average molecular weight is 472 g/mol. The first kappa shape index (κ1) is 23.5. The number of halogens is 3. The van der Waals surface area contributed by atoms with Crippen molar-refractivity contribution in [3.63, 3.8) is 0 Å². The topological polar surface area (TPSA) is 26.8 Å². The minimum Gasteiger partial charge on any atom is -0.337 e. The molecule has 3 aliphatic heterocycles. The molecule has 174 valence electrons. The van der Waals surface area contributed by atoms with E-state index in [9.17, 15) is 13.6 Å². The summed E-state index contributed by atoms with van der Waals surface area (Å²) in [6.45, 7) is 3.66. The second-order valence-corrected chi connectivity index (χ2v) is 8.87. The normalized spacial score (nSPS) is 22.2. The molecule has 5 rings (SSSR count). The summed E-state index contributed by atoms with van der Waals surface area (Å²) in [5.74, 6) is 6.29. The number of amides is 1. The molecule has 0 bridgehead atoms. The van der Waals surface area contributed by atoms with Crippen molar-refractivity contribution in [2.24, 2.45) is 0 Å². The number of hydrogen-bond donors (Lipinski definition) is 0. The summed E-state index contributed by atoms with van der Waals surface area (Å²) in [6.07, 6.45) is 3.60. The van der Waals surface area contributed by atoms with E-state index in [0.717, 1.165) is 55.8 Å². The molecule has 0 radical (unpaired) electrons. The summed E-state index contributed by atoms with van der Waals surface area (Å²) in [5.41, 5.74) is 2.95. The third-order valence-electron chi connectivity index (χ3n) is 6.86. The minimum absolute atomic E-state index is 0. The van der Waals surface area contributed by atoms with Gasteiger partial charge in [0.1, 0.15) is 11.6 Å². The van der Waals surface area contributed by atoms with Gasteiger partial charge in [0.25, 0.3) is 0 Å². The zero-order chi connectivity index (χ0) is 22.1. The lowest BCUT2D eigenvalue weighted by molar-refractivity contribution is -0.132. The van der Waals surface area contributed by atoms with E-state index in [1.54, 1.807) is 18.2 Å². The third-order valence-corrected chi connectivity index (χ3v) is 6.86. The molecule has 0 spiro atoms. The number of anilines is 2. The van der Waals surface area contributed by atoms with Crippen molar-refractivity contribution in [1.82, 2.24) is 9.80 Å². The number of likely N-dealkylation sites (tertiary alicyclic amines) is 2. The van der Waals surface area contributed by atoms with Crippen molar-refractivity contribution in [3.8, 4) is 11.8 Å². The Hall–Kier alpha value is -2.62. The number of fused-ring (bicyclic) bond motifs is 3. The quantitative estimate of drug-likeness (QED) is 0.606. The van der Waals surface area contributed by atoms with Crippen LogP contribution in [0.4, 0.5) is 20.2 Å². The maximum Gasteiger partial charge on any atom is 0.223 e. The van der Waals surface area contributed by atoms with Crippen LogP contribution in [0.15, 0.2) is 42.5 Å². The van der Waals surface area contributed by atoms with Crippen LogP contribution in [0.2, 0.25) is 0 Å². The number of carbonyl (C=O) groups excluding carboxylic acids is 1. The predicted octanol–water partition coefficient (Wildman–Crippen LogP) is 4.71. The van der Waals surface area contributed by atoms with Crippen LogP contribution in [-0.4, -0.2) is 54.5 Å². The molecule has 0 N–H and O–H groups in total. The summed E-state index contributed by atoms with van der Waals surface area (Å²) in [4.78, 5) is 18.3. The highest BCUT2D eigenvalue weighted by atomic mass is 35.5. The van der Waals surface area contributed by atoms with Gasteiger partial charge in [0, 0.05) is 49.4 Å². The molecule has 7 heteroatoms. The highest BCUT2D eigenvalue weighted by Crippen LogP contribution is 2.48. The second kappa shape index (κ2) is 10.1. The Balaban J connectivity index is 0.00000259. The third kappa shape index (κ3) is 4.85. The summed E-state index contributed by atoms with van der Waals surface area (Å²) in [7, 11) is 0. The number of benzene rings is 2. The van der Waals surface area contributed by atoms with Gasteiger partial charge in [-0.25, -0.2) is 8.78 Å². The van der Waals surface area contributed by atoms with E-state index in [4.69, 9.17) is 0 Å². The van der Waals surface area contributed by atoms with E-state index in [0.29, 0.717) is 19.5 Å². The van der Waals surface area contributed by atoms with Crippen molar-refractivity contribution in [1.29, 1.82) is 0 Å².